The number of aliphatic carboxylic acids is 3. The number of rotatable bonds is 12. The van der Waals surface area contributed by atoms with Crippen LogP contribution in [0.25, 0.3) is 10.4 Å². The van der Waals surface area contributed by atoms with Crippen LogP contribution in [0.3, 0.4) is 0 Å². The van der Waals surface area contributed by atoms with Crippen LogP contribution in [0.5, 0.6) is 0 Å². The normalized spacial score (nSPS) is 21.7. The van der Waals surface area contributed by atoms with Crippen LogP contribution < -0.4 is 0 Å². The number of halogens is 1. The van der Waals surface area contributed by atoms with Crippen LogP contribution in [0.1, 0.15) is 53.9 Å². The van der Waals surface area contributed by atoms with Gasteiger partial charge >= 0.3 is 23.9 Å². The minimum absolute atomic E-state index is 0.292. The Hall–Kier alpha value is -4.09. The van der Waals surface area contributed by atoms with Crippen LogP contribution in [0.2, 0.25) is 0 Å². The zero-order valence-electron chi connectivity index (χ0n) is 23.7. The molecule has 11 heteroatoms. The van der Waals surface area contributed by atoms with Crippen molar-refractivity contribution >= 4 is 35.2 Å². The SMILES string of the molecule is CC(=O)OC[C@@H]1O[C@@H](c2ccc(C)c(Cc3ccc(-c4ccc(F)cc4)s3)c2)[C@@H](CC(=O)O)[C@@H](CC(=O)O)[C@H]1CC(=O)O. The number of carboxylic acid groups (broad SMARTS) is 3. The molecule has 0 saturated carbocycles. The van der Waals surface area contributed by atoms with E-state index in [1.54, 1.807) is 29.5 Å². The third kappa shape index (κ3) is 8.26. The number of carboxylic acids is 3. The molecule has 1 aliphatic heterocycles. The van der Waals surface area contributed by atoms with Crippen LogP contribution in [0.4, 0.5) is 4.39 Å². The first-order chi connectivity index (χ1) is 20.4. The number of hydrogen-bond acceptors (Lipinski definition) is 7. The molecule has 0 spiro atoms. The van der Waals surface area contributed by atoms with E-state index in [0.717, 1.165) is 26.4 Å². The lowest BCUT2D eigenvalue weighted by Gasteiger charge is -2.46. The third-order valence-corrected chi connectivity index (χ3v) is 8.96. The number of benzene rings is 2. The fourth-order valence-corrected chi connectivity index (χ4v) is 6.87. The molecule has 228 valence electrons. The lowest BCUT2D eigenvalue weighted by molar-refractivity contribution is -0.189. The summed E-state index contributed by atoms with van der Waals surface area (Å²) in [5, 5.41) is 29.1. The van der Waals surface area contributed by atoms with Crippen LogP contribution in [0, 0.1) is 30.5 Å². The van der Waals surface area contributed by atoms with Gasteiger partial charge in [-0.25, -0.2) is 4.39 Å². The minimum atomic E-state index is -1.20. The van der Waals surface area contributed by atoms with Crippen molar-refractivity contribution < 1.29 is 48.4 Å². The number of hydrogen-bond donors (Lipinski definition) is 3. The van der Waals surface area contributed by atoms with E-state index in [4.69, 9.17) is 9.47 Å². The number of carbonyl (C=O) groups excluding carboxylic acids is 1. The molecule has 0 aliphatic carbocycles. The maximum atomic E-state index is 13.4. The highest BCUT2D eigenvalue weighted by Gasteiger charge is 2.48. The Morgan fingerprint density at radius 3 is 2.12 bits per heavy atom. The molecular formula is C32H33FO9S. The molecule has 0 bridgehead atoms. The highest BCUT2D eigenvalue weighted by Crippen LogP contribution is 2.48. The summed E-state index contributed by atoms with van der Waals surface area (Å²) in [5.41, 5.74) is 3.45. The second kappa shape index (κ2) is 13.9. The summed E-state index contributed by atoms with van der Waals surface area (Å²) in [5.74, 6) is -7.09. The van der Waals surface area contributed by atoms with Gasteiger partial charge in [-0.3, -0.25) is 19.2 Å². The first kappa shape index (κ1) is 31.8. The summed E-state index contributed by atoms with van der Waals surface area (Å²) in [6, 6.07) is 15.8. The number of carbonyl (C=O) groups is 4. The smallest absolute Gasteiger partial charge is 0.303 e. The van der Waals surface area contributed by atoms with Crippen LogP contribution >= 0.6 is 11.3 Å². The van der Waals surface area contributed by atoms with E-state index >= 15 is 0 Å². The quantitative estimate of drug-likeness (QED) is 0.218. The number of esters is 1. The fourth-order valence-electron chi connectivity index (χ4n) is 5.83. The van der Waals surface area contributed by atoms with Gasteiger partial charge in [0.05, 0.1) is 25.0 Å². The largest absolute Gasteiger partial charge is 0.481 e. The summed E-state index contributed by atoms with van der Waals surface area (Å²) in [6.45, 7) is 2.86. The molecule has 1 aromatic heterocycles. The predicted octanol–water partition coefficient (Wildman–Crippen LogP) is 5.73. The zero-order chi connectivity index (χ0) is 31.3. The van der Waals surface area contributed by atoms with Gasteiger partial charge in [-0.15, -0.1) is 11.3 Å². The predicted molar refractivity (Wildman–Crippen MR) is 155 cm³/mol. The Bertz CT molecular complexity index is 1480. The lowest BCUT2D eigenvalue weighted by atomic mass is 9.68. The Kier molecular flexibility index (Phi) is 10.3. The maximum absolute atomic E-state index is 13.4. The van der Waals surface area contributed by atoms with Crippen molar-refractivity contribution in [2.45, 2.75) is 51.7 Å². The second-order valence-corrected chi connectivity index (χ2v) is 12.0. The van der Waals surface area contributed by atoms with E-state index in [0.29, 0.717) is 12.0 Å². The number of ether oxygens (including phenoxy) is 2. The Morgan fingerprint density at radius 1 is 0.860 bits per heavy atom. The highest BCUT2D eigenvalue weighted by molar-refractivity contribution is 7.15. The third-order valence-electron chi connectivity index (χ3n) is 7.83. The van der Waals surface area contributed by atoms with Crippen LogP contribution in [-0.4, -0.2) is 51.9 Å². The molecular weight excluding hydrogens is 579 g/mol. The summed E-state index contributed by atoms with van der Waals surface area (Å²) in [6.07, 6.45) is -2.66. The van der Waals surface area contributed by atoms with Gasteiger partial charge in [0.1, 0.15) is 12.4 Å². The van der Waals surface area contributed by atoms with E-state index < -0.39 is 73.1 Å². The molecule has 1 aliphatic rings. The van der Waals surface area contributed by atoms with Crippen molar-refractivity contribution in [1.29, 1.82) is 0 Å². The van der Waals surface area contributed by atoms with Crippen molar-refractivity contribution in [1.82, 2.24) is 0 Å². The highest BCUT2D eigenvalue weighted by atomic mass is 32.1. The van der Waals surface area contributed by atoms with Gasteiger partial charge in [0.2, 0.25) is 0 Å². The molecule has 2 heterocycles. The molecule has 4 rings (SSSR count). The van der Waals surface area contributed by atoms with Crippen LogP contribution in [0.15, 0.2) is 54.6 Å². The van der Waals surface area contributed by atoms with Gasteiger partial charge in [-0.2, -0.15) is 0 Å². The Balaban J connectivity index is 1.70. The number of thiophene rings is 1. The van der Waals surface area contributed by atoms with Crippen molar-refractivity contribution in [2.75, 3.05) is 6.61 Å². The fraction of sp³-hybridized carbons (Fsp3) is 0.375. The maximum Gasteiger partial charge on any atom is 0.303 e. The van der Waals surface area contributed by atoms with Gasteiger partial charge < -0.3 is 24.8 Å². The van der Waals surface area contributed by atoms with E-state index in [1.165, 1.54) is 19.1 Å². The average molecular weight is 613 g/mol. The first-order valence-corrected chi connectivity index (χ1v) is 14.6. The molecule has 3 N–H and O–H groups in total. The van der Waals surface area contributed by atoms with Gasteiger partial charge in [0.15, 0.2) is 0 Å². The van der Waals surface area contributed by atoms with Crippen molar-refractivity contribution in [2.24, 2.45) is 17.8 Å². The molecule has 1 saturated heterocycles. The van der Waals surface area contributed by atoms with E-state index in [9.17, 15) is 38.9 Å². The van der Waals surface area contributed by atoms with Gasteiger partial charge in [0, 0.05) is 41.4 Å². The molecule has 9 nitrogen and oxygen atoms in total. The van der Waals surface area contributed by atoms with E-state index in [1.807, 2.05) is 31.2 Å². The summed E-state index contributed by atoms with van der Waals surface area (Å²) in [7, 11) is 0. The average Bonchev–Trinajstić information content (AvgIpc) is 3.39. The van der Waals surface area contributed by atoms with Gasteiger partial charge in [-0.1, -0.05) is 30.3 Å². The van der Waals surface area contributed by atoms with E-state index in [-0.39, 0.29) is 12.4 Å². The number of aryl methyl sites for hydroxylation is 1. The van der Waals surface area contributed by atoms with Crippen molar-refractivity contribution in [3.05, 3.63) is 82.0 Å². The molecule has 1 fully saturated rings. The molecule has 3 aromatic rings. The zero-order valence-corrected chi connectivity index (χ0v) is 24.5. The standard InChI is InChI=1S/C32H33FO9S/c1-17-3-4-20(11-21(17)12-23-9-10-28(43-23)19-5-7-22(33)8-6-19)32-26(15-31(39)40)24(13-29(35)36)25(14-30(37)38)27(42-32)16-41-18(2)34/h3-11,24-27,32H,12-16H2,1-2H3,(H,35,36)(H,37,38)(H,39,40)/t24-,25+,26-,27-,32-/m0/s1. The van der Waals surface area contributed by atoms with Crippen molar-refractivity contribution in [3.63, 3.8) is 0 Å². The topological polar surface area (TPSA) is 147 Å². The Labute approximate surface area is 251 Å². The molecule has 0 unspecified atom stereocenters. The van der Waals surface area contributed by atoms with Gasteiger partial charge in [-0.05, 0) is 59.4 Å². The summed E-state index contributed by atoms with van der Waals surface area (Å²) >= 11 is 1.57. The molecule has 0 amide bonds. The van der Waals surface area contributed by atoms with E-state index in [2.05, 4.69) is 0 Å². The lowest BCUT2D eigenvalue weighted by Crippen LogP contribution is -2.48. The summed E-state index contributed by atoms with van der Waals surface area (Å²) in [4.78, 5) is 49.4. The molecule has 5 atom stereocenters. The molecule has 43 heavy (non-hydrogen) atoms. The Morgan fingerprint density at radius 2 is 1.49 bits per heavy atom. The molecule has 0 radical (unpaired) electrons. The van der Waals surface area contributed by atoms with Crippen molar-refractivity contribution in [3.8, 4) is 10.4 Å². The van der Waals surface area contributed by atoms with Gasteiger partial charge in [0.25, 0.3) is 0 Å². The minimum Gasteiger partial charge on any atom is -0.481 e. The second-order valence-electron chi connectivity index (χ2n) is 10.8. The summed E-state index contributed by atoms with van der Waals surface area (Å²) < 4.78 is 24.9. The molecule has 2 aromatic carbocycles. The monoisotopic (exact) mass is 612 g/mol. The first-order valence-electron chi connectivity index (χ1n) is 13.8. The van der Waals surface area contributed by atoms with Crippen LogP contribution in [-0.2, 0) is 35.1 Å².